The van der Waals surface area contributed by atoms with E-state index < -0.39 is 23.7 Å². The Morgan fingerprint density at radius 3 is 2.60 bits per heavy atom. The van der Waals surface area contributed by atoms with Crippen molar-refractivity contribution >= 4 is 0 Å². The summed E-state index contributed by atoms with van der Waals surface area (Å²) < 4.78 is 19.2. The van der Waals surface area contributed by atoms with Crippen molar-refractivity contribution in [1.82, 2.24) is 14.5 Å². The lowest BCUT2D eigenvalue weighted by molar-refractivity contribution is -0.230. The standard InChI is InChI=1S/C38H45N3O6/c1-38(2)46-34-21-9-8-20-32(34)36(47-38)33(42)28-40(27-30-16-6-5-7-17-30)22-11-3-4-12-23-45-24-13-10-15-29-18-14-19-31(25-29)41-35(43)26-39-37(41)44/h5-9,14,16-21,25-26,33,36,42-43H,3-4,11-13,22-24,27-28H2,1-2H3,(H,39,44)/t33-,36?/m1/s1. The van der Waals surface area contributed by atoms with E-state index in [0.717, 1.165) is 55.6 Å². The minimum atomic E-state index is -0.817. The molecule has 0 radical (unpaired) electrons. The second-order valence-electron chi connectivity index (χ2n) is 12.3. The van der Waals surface area contributed by atoms with Crippen LogP contribution in [0, 0.1) is 11.8 Å². The van der Waals surface area contributed by atoms with Crippen LogP contribution in [0.1, 0.15) is 68.7 Å². The molecule has 0 spiro atoms. The first-order valence-corrected chi connectivity index (χ1v) is 16.4. The number of ether oxygens (including phenoxy) is 3. The first-order chi connectivity index (χ1) is 22.8. The van der Waals surface area contributed by atoms with Gasteiger partial charge >= 0.3 is 5.69 Å². The lowest BCUT2D eigenvalue weighted by atomic mass is 10.00. The minimum Gasteiger partial charge on any atom is -0.493 e. The van der Waals surface area contributed by atoms with Gasteiger partial charge in [0.05, 0.1) is 24.6 Å². The molecule has 3 aromatic carbocycles. The number of imidazole rings is 1. The van der Waals surface area contributed by atoms with Crippen molar-refractivity contribution in [2.24, 2.45) is 0 Å². The SMILES string of the molecule is CC1(C)Oc2ccccc2C([C@H](O)CN(CCCCCCOCCC#Cc2cccc(-n3c(O)c[nH]c3=O)c2)Cc2ccccc2)O1. The summed E-state index contributed by atoms with van der Waals surface area (Å²) >= 11 is 0. The normalized spacial score (nSPS) is 15.8. The van der Waals surface area contributed by atoms with Crippen LogP contribution in [0.4, 0.5) is 0 Å². The third-order valence-electron chi connectivity index (χ3n) is 8.01. The van der Waals surface area contributed by atoms with E-state index in [1.165, 1.54) is 16.3 Å². The molecule has 1 unspecified atom stereocenters. The van der Waals surface area contributed by atoms with Gasteiger partial charge in [0.15, 0.2) is 0 Å². The molecule has 1 aliphatic rings. The molecule has 1 aliphatic heterocycles. The van der Waals surface area contributed by atoms with Crippen LogP contribution in [0.5, 0.6) is 11.6 Å². The zero-order chi connectivity index (χ0) is 33.1. The molecule has 9 heteroatoms. The smallest absolute Gasteiger partial charge is 0.333 e. The van der Waals surface area contributed by atoms with E-state index in [-0.39, 0.29) is 5.88 Å². The van der Waals surface area contributed by atoms with Crippen molar-refractivity contribution in [2.45, 2.75) is 70.5 Å². The number of fused-ring (bicyclic) bond motifs is 1. The van der Waals surface area contributed by atoms with Crippen LogP contribution in [0.25, 0.3) is 5.69 Å². The molecule has 2 heterocycles. The van der Waals surface area contributed by atoms with Gasteiger partial charge in [-0.3, -0.25) is 4.90 Å². The Hall–Kier alpha value is -4.33. The number of aromatic nitrogens is 2. The topological polar surface area (TPSA) is 109 Å². The number of aliphatic hydroxyl groups is 1. The number of aromatic hydroxyl groups is 1. The van der Waals surface area contributed by atoms with E-state index in [4.69, 9.17) is 14.2 Å². The van der Waals surface area contributed by atoms with Gasteiger partial charge < -0.3 is 29.4 Å². The van der Waals surface area contributed by atoms with Gasteiger partial charge in [-0.05, 0) is 49.2 Å². The molecule has 0 saturated carbocycles. The number of rotatable bonds is 15. The fourth-order valence-corrected chi connectivity index (χ4v) is 5.80. The van der Waals surface area contributed by atoms with Crippen molar-refractivity contribution in [2.75, 3.05) is 26.3 Å². The molecule has 5 rings (SSSR count). The van der Waals surface area contributed by atoms with Gasteiger partial charge in [-0.15, -0.1) is 0 Å². The van der Waals surface area contributed by atoms with Gasteiger partial charge in [0.25, 0.3) is 0 Å². The average Bonchev–Trinajstić information content (AvgIpc) is 3.40. The Kier molecular flexibility index (Phi) is 11.9. The first kappa shape index (κ1) is 34.0. The number of nitrogens with one attached hydrogen (secondary N) is 1. The summed E-state index contributed by atoms with van der Waals surface area (Å²) in [6.07, 6.45) is 4.83. The number of aromatic amines is 1. The highest BCUT2D eigenvalue weighted by molar-refractivity contribution is 5.45. The monoisotopic (exact) mass is 639 g/mol. The first-order valence-electron chi connectivity index (χ1n) is 16.4. The third-order valence-corrected chi connectivity index (χ3v) is 8.01. The summed E-state index contributed by atoms with van der Waals surface area (Å²) in [5.74, 6) is 6.02. The lowest BCUT2D eigenvalue weighted by Gasteiger charge is -2.40. The summed E-state index contributed by atoms with van der Waals surface area (Å²) in [6, 6.07) is 25.3. The minimum absolute atomic E-state index is 0.145. The molecule has 1 aromatic heterocycles. The Morgan fingerprint density at radius 1 is 1.00 bits per heavy atom. The van der Waals surface area contributed by atoms with Gasteiger partial charge in [0.2, 0.25) is 11.7 Å². The number of nitrogens with zero attached hydrogens (tertiary/aromatic N) is 2. The Morgan fingerprint density at radius 2 is 1.79 bits per heavy atom. The quantitative estimate of drug-likeness (QED) is 0.109. The predicted molar refractivity (Wildman–Crippen MR) is 182 cm³/mol. The molecule has 9 nitrogen and oxygen atoms in total. The number of aliphatic hydroxyl groups excluding tert-OH is 1. The average molecular weight is 640 g/mol. The maximum atomic E-state index is 11.9. The maximum Gasteiger partial charge on any atom is 0.333 e. The number of hydrogen-bond acceptors (Lipinski definition) is 7. The lowest BCUT2D eigenvalue weighted by Crippen LogP contribution is -2.44. The molecule has 0 bridgehead atoms. The van der Waals surface area contributed by atoms with Crippen LogP contribution in [0.3, 0.4) is 0 Å². The highest BCUT2D eigenvalue weighted by Gasteiger charge is 2.38. The fraction of sp³-hybridized carbons (Fsp3) is 0.395. The molecular weight excluding hydrogens is 594 g/mol. The van der Waals surface area contributed by atoms with Crippen molar-refractivity contribution in [1.29, 1.82) is 0 Å². The van der Waals surface area contributed by atoms with Gasteiger partial charge in [-0.1, -0.05) is 79.3 Å². The van der Waals surface area contributed by atoms with Crippen LogP contribution >= 0.6 is 0 Å². The summed E-state index contributed by atoms with van der Waals surface area (Å²) in [5.41, 5.74) is 3.01. The predicted octanol–water partition coefficient (Wildman–Crippen LogP) is 5.94. The van der Waals surface area contributed by atoms with Crippen LogP contribution in [0.2, 0.25) is 0 Å². The summed E-state index contributed by atoms with van der Waals surface area (Å²) in [7, 11) is 0. The largest absolute Gasteiger partial charge is 0.493 e. The third kappa shape index (κ3) is 9.83. The molecule has 0 aliphatic carbocycles. The van der Waals surface area contributed by atoms with E-state index in [1.54, 1.807) is 18.2 Å². The fourth-order valence-electron chi connectivity index (χ4n) is 5.80. The van der Waals surface area contributed by atoms with Crippen LogP contribution in [0.15, 0.2) is 89.9 Å². The van der Waals surface area contributed by atoms with Gasteiger partial charge in [0.1, 0.15) is 11.9 Å². The van der Waals surface area contributed by atoms with Gasteiger partial charge in [-0.2, -0.15) is 0 Å². The van der Waals surface area contributed by atoms with E-state index in [2.05, 4.69) is 33.9 Å². The van der Waals surface area contributed by atoms with Crippen molar-refractivity contribution in [3.8, 4) is 29.2 Å². The molecule has 0 fully saturated rings. The zero-order valence-electron chi connectivity index (χ0n) is 27.2. The zero-order valence-corrected chi connectivity index (χ0v) is 27.2. The summed E-state index contributed by atoms with van der Waals surface area (Å²) in [4.78, 5) is 16.7. The molecule has 47 heavy (non-hydrogen) atoms. The Balaban J connectivity index is 1.03. The number of para-hydroxylation sites is 1. The summed E-state index contributed by atoms with van der Waals surface area (Å²) in [5, 5.41) is 21.3. The van der Waals surface area contributed by atoms with E-state index >= 15 is 0 Å². The van der Waals surface area contributed by atoms with Crippen molar-refractivity contribution in [3.05, 3.63) is 112 Å². The second-order valence-corrected chi connectivity index (χ2v) is 12.3. The molecule has 248 valence electrons. The second kappa shape index (κ2) is 16.5. The summed E-state index contributed by atoms with van der Waals surface area (Å²) in [6.45, 7) is 7.13. The van der Waals surface area contributed by atoms with Gasteiger partial charge in [-0.25, -0.2) is 9.36 Å². The molecule has 2 atom stereocenters. The highest BCUT2D eigenvalue weighted by Crippen LogP contribution is 2.40. The molecular formula is C38H45N3O6. The molecule has 0 amide bonds. The maximum absolute atomic E-state index is 11.9. The number of unbranched alkanes of at least 4 members (excludes halogenated alkanes) is 3. The van der Waals surface area contributed by atoms with Crippen LogP contribution in [-0.4, -0.2) is 62.9 Å². The van der Waals surface area contributed by atoms with Crippen molar-refractivity contribution in [3.63, 3.8) is 0 Å². The van der Waals surface area contributed by atoms with Gasteiger partial charge in [0, 0.05) is 51.1 Å². The van der Waals surface area contributed by atoms with E-state index in [1.807, 2.05) is 62.4 Å². The molecule has 4 aromatic rings. The number of benzene rings is 3. The van der Waals surface area contributed by atoms with Crippen molar-refractivity contribution < 1.29 is 24.4 Å². The van der Waals surface area contributed by atoms with Crippen LogP contribution in [-0.2, 0) is 16.0 Å². The van der Waals surface area contributed by atoms with E-state index in [0.29, 0.717) is 31.9 Å². The number of H-pyrrole nitrogens is 1. The Bertz CT molecular complexity index is 1690. The van der Waals surface area contributed by atoms with E-state index in [9.17, 15) is 15.0 Å². The Labute approximate surface area is 276 Å². The number of hydrogen-bond donors (Lipinski definition) is 3. The highest BCUT2D eigenvalue weighted by atomic mass is 16.7. The molecule has 0 saturated heterocycles. The molecule has 3 N–H and O–H groups in total. The van der Waals surface area contributed by atoms with Crippen LogP contribution < -0.4 is 10.4 Å².